The fourth-order valence-corrected chi connectivity index (χ4v) is 1.33. The molecule has 0 saturated carbocycles. The molecule has 0 saturated heterocycles. The van der Waals surface area contributed by atoms with Crippen LogP contribution in [0.3, 0.4) is 0 Å². The molecule has 0 aliphatic carbocycles. The zero-order valence-corrected chi connectivity index (χ0v) is 8.90. The van der Waals surface area contributed by atoms with E-state index in [0.29, 0.717) is 0 Å². The molecule has 2 atom stereocenters. The quantitative estimate of drug-likeness (QED) is 0.429. The van der Waals surface area contributed by atoms with E-state index in [4.69, 9.17) is 10.2 Å². The number of hydrogen-bond donors (Lipinski definition) is 2. The van der Waals surface area contributed by atoms with Gasteiger partial charge in [-0.1, -0.05) is 12.2 Å². The third-order valence-corrected chi connectivity index (χ3v) is 2.89. The lowest BCUT2D eigenvalue weighted by atomic mass is 10.5. The minimum absolute atomic E-state index is 0.175. The van der Waals surface area contributed by atoms with Crippen molar-refractivity contribution in [2.75, 3.05) is 6.61 Å². The molecule has 2 unspecified atom stereocenters. The number of rotatable bonds is 4. The molecule has 0 aromatic carbocycles. The summed E-state index contributed by atoms with van der Waals surface area (Å²) in [5.41, 5.74) is -1.04. The summed E-state index contributed by atoms with van der Waals surface area (Å²) in [5.74, 6) is 0. The molecule has 0 radical (unpaired) electrons. The van der Waals surface area contributed by atoms with Gasteiger partial charge in [-0.3, -0.25) is 4.57 Å². The van der Waals surface area contributed by atoms with E-state index in [1.807, 2.05) is 0 Å². The highest BCUT2D eigenvalue weighted by Gasteiger charge is 2.28. The van der Waals surface area contributed by atoms with Gasteiger partial charge in [-0.2, -0.15) is 5.26 Å². The summed E-state index contributed by atoms with van der Waals surface area (Å²) in [6.45, 7) is 1.11. The summed E-state index contributed by atoms with van der Waals surface area (Å²) in [7, 11) is -3.83. The number of nitriles is 1. The fraction of sp³-hybridized carbons (Fsp3) is 0.600. The van der Waals surface area contributed by atoms with Gasteiger partial charge >= 0.3 is 7.60 Å². The van der Waals surface area contributed by atoms with Crippen molar-refractivity contribution in [3.8, 4) is 6.07 Å². The zero-order valence-electron chi connectivity index (χ0n) is 6.30. The molecule has 12 heavy (non-hydrogen) atoms. The number of thiol groups is 1. The smallest absolute Gasteiger partial charge is 0.323 e. The van der Waals surface area contributed by atoms with Gasteiger partial charge in [0.25, 0.3) is 0 Å². The van der Waals surface area contributed by atoms with Gasteiger partial charge in [0.05, 0.1) is 16.9 Å². The SMILES string of the molecule is CC(C#N)P(=O)(O)OCC(=S)S. The van der Waals surface area contributed by atoms with Crippen molar-refractivity contribution in [1.82, 2.24) is 0 Å². The van der Waals surface area contributed by atoms with Gasteiger partial charge in [-0.15, -0.1) is 12.6 Å². The van der Waals surface area contributed by atoms with E-state index in [1.54, 1.807) is 6.07 Å². The molecular weight excluding hydrogens is 217 g/mol. The second-order valence-electron chi connectivity index (χ2n) is 2.04. The molecule has 0 bridgehead atoms. The Morgan fingerprint density at radius 3 is 2.83 bits per heavy atom. The van der Waals surface area contributed by atoms with Gasteiger partial charge in [0.2, 0.25) is 0 Å². The van der Waals surface area contributed by atoms with Crippen molar-refractivity contribution in [3.05, 3.63) is 0 Å². The third kappa shape index (κ3) is 4.19. The molecule has 68 valence electrons. The van der Waals surface area contributed by atoms with Crippen LogP contribution in [0.15, 0.2) is 0 Å². The first-order chi connectivity index (χ1) is 5.40. The molecule has 0 fully saturated rings. The maximum Gasteiger partial charge on any atom is 0.345 e. The van der Waals surface area contributed by atoms with E-state index in [9.17, 15) is 4.57 Å². The molecule has 7 heteroatoms. The summed E-state index contributed by atoms with van der Waals surface area (Å²) in [4.78, 5) is 9.05. The van der Waals surface area contributed by atoms with Crippen LogP contribution >= 0.6 is 32.4 Å². The lowest BCUT2D eigenvalue weighted by Gasteiger charge is -2.12. The lowest BCUT2D eigenvalue weighted by Crippen LogP contribution is -2.06. The molecule has 4 nitrogen and oxygen atoms in total. The fourth-order valence-electron chi connectivity index (χ4n) is 0.332. The highest BCUT2D eigenvalue weighted by Crippen LogP contribution is 2.46. The van der Waals surface area contributed by atoms with Gasteiger partial charge in [-0.05, 0) is 6.92 Å². The van der Waals surface area contributed by atoms with Crippen LogP contribution in [-0.2, 0) is 9.09 Å². The van der Waals surface area contributed by atoms with Gasteiger partial charge in [0.1, 0.15) is 5.66 Å². The van der Waals surface area contributed by atoms with Crippen LogP contribution in [0.5, 0.6) is 0 Å². The Labute approximate surface area is 81.5 Å². The van der Waals surface area contributed by atoms with E-state index in [-0.39, 0.29) is 10.8 Å². The second-order valence-corrected chi connectivity index (χ2v) is 5.53. The summed E-state index contributed by atoms with van der Waals surface area (Å²) in [6.07, 6.45) is 0. The maximum atomic E-state index is 11.1. The Bertz CT molecular complexity index is 262. The van der Waals surface area contributed by atoms with E-state index in [1.165, 1.54) is 6.92 Å². The summed E-state index contributed by atoms with van der Waals surface area (Å²) in [6, 6.07) is 1.62. The minimum atomic E-state index is -3.83. The topological polar surface area (TPSA) is 70.3 Å². The largest absolute Gasteiger partial charge is 0.345 e. The van der Waals surface area contributed by atoms with Crippen molar-refractivity contribution in [2.45, 2.75) is 12.6 Å². The normalized spacial score (nSPS) is 17.5. The molecule has 0 rings (SSSR count). The average Bonchev–Trinajstić information content (AvgIpc) is 1.99. The first-order valence-electron chi connectivity index (χ1n) is 2.98. The summed E-state index contributed by atoms with van der Waals surface area (Å²) in [5, 5.41) is 8.32. The second kappa shape index (κ2) is 4.95. The number of nitrogens with zero attached hydrogens (tertiary/aromatic N) is 1. The van der Waals surface area contributed by atoms with E-state index < -0.39 is 13.3 Å². The Hall–Kier alpha value is 0.0800. The van der Waals surface area contributed by atoms with Gasteiger partial charge < -0.3 is 9.42 Å². The van der Waals surface area contributed by atoms with Crippen LogP contribution in [0.25, 0.3) is 0 Å². The molecule has 1 N–H and O–H groups in total. The van der Waals surface area contributed by atoms with Gasteiger partial charge in [0, 0.05) is 0 Å². The minimum Gasteiger partial charge on any atom is -0.323 e. The standard InChI is InChI=1S/C5H8NO3PS2/c1-4(2-6)10(7,8)9-3-5(11)12/h4H,3H2,1H3,(H,7,8)(H,11,12). The highest BCUT2D eigenvalue weighted by molar-refractivity contribution is 8.11. The van der Waals surface area contributed by atoms with Crippen LogP contribution in [0.2, 0.25) is 0 Å². The number of thiocarbonyl (C=S) groups is 1. The Kier molecular flexibility index (Phi) is 4.98. The molecule has 0 heterocycles. The molecular formula is C5H8NO3PS2. The van der Waals surface area contributed by atoms with Crippen LogP contribution < -0.4 is 0 Å². The molecule has 0 aliphatic rings. The van der Waals surface area contributed by atoms with Crippen LogP contribution in [-0.4, -0.2) is 21.4 Å². The molecule has 0 aromatic rings. The first kappa shape index (κ1) is 12.1. The molecule has 0 spiro atoms. The van der Waals surface area contributed by atoms with E-state index in [2.05, 4.69) is 29.4 Å². The van der Waals surface area contributed by atoms with Crippen LogP contribution in [0.4, 0.5) is 0 Å². The van der Waals surface area contributed by atoms with E-state index in [0.717, 1.165) is 0 Å². The monoisotopic (exact) mass is 225 g/mol. The maximum absolute atomic E-state index is 11.1. The average molecular weight is 225 g/mol. The Morgan fingerprint density at radius 1 is 2.00 bits per heavy atom. The Balaban J connectivity index is 4.16. The van der Waals surface area contributed by atoms with Crippen molar-refractivity contribution < 1.29 is 14.0 Å². The van der Waals surface area contributed by atoms with Gasteiger partial charge in [0.15, 0.2) is 0 Å². The van der Waals surface area contributed by atoms with E-state index >= 15 is 0 Å². The predicted molar refractivity (Wildman–Crippen MR) is 52.4 cm³/mol. The third-order valence-electron chi connectivity index (χ3n) is 1.05. The van der Waals surface area contributed by atoms with Crippen molar-refractivity contribution in [1.29, 1.82) is 5.26 Å². The van der Waals surface area contributed by atoms with Crippen molar-refractivity contribution in [3.63, 3.8) is 0 Å². The lowest BCUT2D eigenvalue weighted by molar-refractivity contribution is 0.294. The number of hydrogen-bond acceptors (Lipinski definition) is 4. The predicted octanol–water partition coefficient (Wildman–Crippen LogP) is 1.36. The zero-order chi connectivity index (χ0) is 9.78. The first-order valence-corrected chi connectivity index (χ1v) is 5.49. The highest BCUT2D eigenvalue weighted by atomic mass is 32.1. The Morgan fingerprint density at radius 2 is 2.50 bits per heavy atom. The van der Waals surface area contributed by atoms with Crippen LogP contribution in [0.1, 0.15) is 6.92 Å². The molecule has 0 amide bonds. The van der Waals surface area contributed by atoms with Crippen molar-refractivity contribution in [2.24, 2.45) is 0 Å². The van der Waals surface area contributed by atoms with Crippen molar-refractivity contribution >= 4 is 36.6 Å². The summed E-state index contributed by atoms with van der Waals surface area (Å²) >= 11 is 8.21. The molecule has 0 aliphatic heterocycles. The van der Waals surface area contributed by atoms with Gasteiger partial charge in [-0.25, -0.2) is 0 Å². The van der Waals surface area contributed by atoms with Crippen LogP contribution in [0, 0.1) is 11.3 Å². The summed E-state index contributed by atoms with van der Waals surface area (Å²) < 4.78 is 15.8. The molecule has 0 aromatic heterocycles.